The number of benzene rings is 1. The molecule has 74 valence electrons. The Balaban J connectivity index is 2.87. The van der Waals surface area contributed by atoms with Crippen molar-refractivity contribution in [2.45, 2.75) is 6.92 Å². The van der Waals surface area contributed by atoms with E-state index in [0.29, 0.717) is 0 Å². The van der Waals surface area contributed by atoms with E-state index in [4.69, 9.17) is 4.74 Å². The minimum atomic E-state index is 0.951. The Morgan fingerprint density at radius 3 is 2.71 bits per heavy atom. The van der Waals surface area contributed by atoms with Crippen LogP contribution in [0.2, 0.25) is 0 Å². The minimum absolute atomic E-state index is 0.951. The first-order chi connectivity index (χ1) is 6.65. The van der Waals surface area contributed by atoms with Crippen LogP contribution in [-0.2, 0) is 7.05 Å². The van der Waals surface area contributed by atoms with Crippen LogP contribution in [0.5, 0.6) is 5.75 Å². The Hall–Kier alpha value is -0.710. The standard InChI is InChI=1S/C11H12INO/c1-7-6-13(2)8-4-5-9(14-3)11(12)10(7)8/h4-6H,1-3H3. The summed E-state index contributed by atoms with van der Waals surface area (Å²) in [6.07, 6.45) is 2.15. The summed E-state index contributed by atoms with van der Waals surface area (Å²) < 4.78 is 8.64. The summed E-state index contributed by atoms with van der Waals surface area (Å²) in [4.78, 5) is 0. The van der Waals surface area contributed by atoms with Crippen LogP contribution in [0.15, 0.2) is 18.3 Å². The number of aryl methyl sites for hydroxylation is 2. The first kappa shape index (κ1) is 9.83. The molecule has 0 atom stereocenters. The molecule has 0 aliphatic rings. The molecule has 1 aromatic heterocycles. The second-order valence-electron chi connectivity index (χ2n) is 3.40. The number of halogens is 1. The Labute approximate surface area is 97.0 Å². The summed E-state index contributed by atoms with van der Waals surface area (Å²) in [6.45, 7) is 2.13. The third-order valence-corrected chi connectivity index (χ3v) is 3.54. The second kappa shape index (κ2) is 3.46. The molecule has 0 bridgehead atoms. The van der Waals surface area contributed by atoms with Gasteiger partial charge < -0.3 is 9.30 Å². The van der Waals surface area contributed by atoms with E-state index in [0.717, 1.165) is 5.75 Å². The van der Waals surface area contributed by atoms with Crippen molar-refractivity contribution in [1.29, 1.82) is 0 Å². The number of hydrogen-bond acceptors (Lipinski definition) is 1. The molecule has 0 amide bonds. The molecule has 0 aliphatic carbocycles. The van der Waals surface area contributed by atoms with E-state index in [1.54, 1.807) is 7.11 Å². The zero-order valence-corrected chi connectivity index (χ0v) is 10.6. The molecule has 1 heterocycles. The van der Waals surface area contributed by atoms with Crippen molar-refractivity contribution >= 4 is 33.5 Å². The van der Waals surface area contributed by atoms with Gasteiger partial charge in [-0.25, -0.2) is 0 Å². The van der Waals surface area contributed by atoms with Gasteiger partial charge in [0.05, 0.1) is 10.7 Å². The molecule has 0 saturated carbocycles. The van der Waals surface area contributed by atoms with Crippen molar-refractivity contribution in [3.05, 3.63) is 27.5 Å². The molecule has 0 N–H and O–H groups in total. The van der Waals surface area contributed by atoms with Crippen molar-refractivity contribution in [2.75, 3.05) is 7.11 Å². The van der Waals surface area contributed by atoms with Gasteiger partial charge in [0.25, 0.3) is 0 Å². The van der Waals surface area contributed by atoms with Crippen LogP contribution in [-0.4, -0.2) is 11.7 Å². The first-order valence-corrected chi connectivity index (χ1v) is 5.51. The van der Waals surface area contributed by atoms with E-state index in [1.165, 1.54) is 20.0 Å². The molecule has 2 rings (SSSR count). The minimum Gasteiger partial charge on any atom is -0.496 e. The topological polar surface area (TPSA) is 14.2 Å². The lowest BCUT2D eigenvalue weighted by Crippen LogP contribution is -1.89. The van der Waals surface area contributed by atoms with Crippen molar-refractivity contribution < 1.29 is 4.74 Å². The first-order valence-electron chi connectivity index (χ1n) is 4.43. The second-order valence-corrected chi connectivity index (χ2v) is 4.48. The van der Waals surface area contributed by atoms with Crippen LogP contribution >= 0.6 is 22.6 Å². The highest BCUT2D eigenvalue weighted by atomic mass is 127. The van der Waals surface area contributed by atoms with Crippen molar-refractivity contribution in [3.8, 4) is 5.75 Å². The zero-order chi connectivity index (χ0) is 10.3. The molecule has 0 spiro atoms. The summed E-state index contributed by atoms with van der Waals surface area (Å²) >= 11 is 2.34. The van der Waals surface area contributed by atoms with Gasteiger partial charge in [0.15, 0.2) is 0 Å². The van der Waals surface area contributed by atoms with E-state index in [2.05, 4.69) is 53.4 Å². The van der Waals surface area contributed by atoms with Crippen molar-refractivity contribution in [3.63, 3.8) is 0 Å². The number of rotatable bonds is 1. The maximum atomic E-state index is 5.30. The van der Waals surface area contributed by atoms with E-state index in [-0.39, 0.29) is 0 Å². The van der Waals surface area contributed by atoms with Crippen LogP contribution in [0.1, 0.15) is 5.56 Å². The van der Waals surface area contributed by atoms with Crippen LogP contribution in [0.25, 0.3) is 10.9 Å². The third kappa shape index (κ3) is 1.30. The number of fused-ring (bicyclic) bond motifs is 1. The van der Waals surface area contributed by atoms with Crippen LogP contribution in [0, 0.1) is 10.5 Å². The fourth-order valence-corrected chi connectivity index (χ4v) is 2.90. The number of methoxy groups -OCH3 is 1. The number of ether oxygens (including phenoxy) is 1. The van der Waals surface area contributed by atoms with Gasteiger partial charge in [0, 0.05) is 24.1 Å². The summed E-state index contributed by atoms with van der Waals surface area (Å²) in [5.41, 5.74) is 2.55. The average molecular weight is 301 g/mol. The molecule has 0 saturated heterocycles. The smallest absolute Gasteiger partial charge is 0.132 e. The van der Waals surface area contributed by atoms with E-state index >= 15 is 0 Å². The Morgan fingerprint density at radius 2 is 2.07 bits per heavy atom. The van der Waals surface area contributed by atoms with Gasteiger partial charge in [0.2, 0.25) is 0 Å². The molecule has 2 nitrogen and oxygen atoms in total. The van der Waals surface area contributed by atoms with Gasteiger partial charge in [-0.15, -0.1) is 0 Å². The highest BCUT2D eigenvalue weighted by Gasteiger charge is 2.10. The van der Waals surface area contributed by atoms with E-state index in [1.807, 2.05) is 6.07 Å². The summed E-state index contributed by atoms with van der Waals surface area (Å²) in [6, 6.07) is 4.12. The predicted octanol–water partition coefficient (Wildman–Crippen LogP) is 3.10. The predicted molar refractivity (Wildman–Crippen MR) is 66.9 cm³/mol. The molecule has 2 aromatic rings. The monoisotopic (exact) mass is 301 g/mol. The Kier molecular flexibility index (Phi) is 2.43. The molecule has 0 radical (unpaired) electrons. The molecule has 3 heteroatoms. The quantitative estimate of drug-likeness (QED) is 0.738. The fraction of sp³-hybridized carbons (Fsp3) is 0.273. The number of aromatic nitrogens is 1. The maximum Gasteiger partial charge on any atom is 0.132 e. The van der Waals surface area contributed by atoms with Gasteiger partial charge in [-0.3, -0.25) is 0 Å². The van der Waals surface area contributed by atoms with Gasteiger partial charge in [-0.1, -0.05) is 0 Å². The highest BCUT2D eigenvalue weighted by Crippen LogP contribution is 2.32. The maximum absolute atomic E-state index is 5.30. The Morgan fingerprint density at radius 1 is 1.36 bits per heavy atom. The van der Waals surface area contributed by atoms with E-state index < -0.39 is 0 Å². The average Bonchev–Trinajstić information content (AvgIpc) is 2.44. The van der Waals surface area contributed by atoms with Crippen molar-refractivity contribution in [1.82, 2.24) is 4.57 Å². The summed E-state index contributed by atoms with van der Waals surface area (Å²) in [5.74, 6) is 0.951. The summed E-state index contributed by atoms with van der Waals surface area (Å²) in [5, 5.41) is 1.30. The van der Waals surface area contributed by atoms with Gasteiger partial charge in [0.1, 0.15) is 5.75 Å². The fourth-order valence-electron chi connectivity index (χ4n) is 1.80. The molecule has 14 heavy (non-hydrogen) atoms. The number of nitrogens with zero attached hydrogens (tertiary/aromatic N) is 1. The normalized spacial score (nSPS) is 10.9. The lowest BCUT2D eigenvalue weighted by Gasteiger charge is -2.05. The third-order valence-electron chi connectivity index (χ3n) is 2.47. The molecular weight excluding hydrogens is 289 g/mol. The van der Waals surface area contributed by atoms with E-state index in [9.17, 15) is 0 Å². The van der Waals surface area contributed by atoms with Crippen LogP contribution in [0.3, 0.4) is 0 Å². The molecular formula is C11H12INO. The molecule has 0 fully saturated rings. The SMILES string of the molecule is COc1ccc2c(c(C)cn2C)c1I. The zero-order valence-electron chi connectivity index (χ0n) is 8.47. The highest BCUT2D eigenvalue weighted by molar-refractivity contribution is 14.1. The van der Waals surface area contributed by atoms with Crippen LogP contribution in [0.4, 0.5) is 0 Å². The molecule has 0 aliphatic heterocycles. The Bertz CT molecular complexity index is 487. The van der Waals surface area contributed by atoms with Gasteiger partial charge in [-0.2, -0.15) is 0 Å². The molecule has 1 aromatic carbocycles. The van der Waals surface area contributed by atoms with Gasteiger partial charge in [-0.05, 0) is 47.2 Å². The lowest BCUT2D eigenvalue weighted by atomic mass is 10.2. The number of hydrogen-bond donors (Lipinski definition) is 0. The van der Waals surface area contributed by atoms with Crippen molar-refractivity contribution in [2.24, 2.45) is 7.05 Å². The summed E-state index contributed by atoms with van der Waals surface area (Å²) in [7, 11) is 3.78. The largest absolute Gasteiger partial charge is 0.496 e. The molecule has 0 unspecified atom stereocenters. The van der Waals surface area contributed by atoms with Gasteiger partial charge >= 0.3 is 0 Å². The van der Waals surface area contributed by atoms with Crippen LogP contribution < -0.4 is 4.74 Å². The lowest BCUT2D eigenvalue weighted by molar-refractivity contribution is 0.412.